The summed E-state index contributed by atoms with van der Waals surface area (Å²) in [6, 6.07) is 7.58. The summed E-state index contributed by atoms with van der Waals surface area (Å²) < 4.78 is 11.4. The third kappa shape index (κ3) is 5.70. The molecule has 23 heavy (non-hydrogen) atoms. The fraction of sp³-hybridized carbons (Fsp3) is 0.684. The number of nitrogens with one attached hydrogen (secondary N) is 1. The largest absolute Gasteiger partial charge is 0.490 e. The lowest BCUT2D eigenvalue weighted by Gasteiger charge is -2.33. The lowest BCUT2D eigenvalue weighted by molar-refractivity contribution is 0.186. The molecule has 1 fully saturated rings. The van der Waals surface area contributed by atoms with E-state index in [0.717, 1.165) is 31.1 Å². The Hall–Kier alpha value is -1.26. The third-order valence-corrected chi connectivity index (χ3v) is 4.17. The Kier molecular flexibility index (Phi) is 7.18. The Morgan fingerprint density at radius 1 is 1.09 bits per heavy atom. The first-order chi connectivity index (χ1) is 11.1. The first-order valence-corrected chi connectivity index (χ1v) is 8.99. The molecule has 0 aliphatic carbocycles. The second kappa shape index (κ2) is 9.14. The van der Waals surface area contributed by atoms with Crippen LogP contribution >= 0.6 is 0 Å². The number of hydrogen-bond acceptors (Lipinski definition) is 4. The van der Waals surface area contributed by atoms with Crippen LogP contribution in [0.3, 0.4) is 0 Å². The summed E-state index contributed by atoms with van der Waals surface area (Å²) in [7, 11) is 0. The summed E-state index contributed by atoms with van der Waals surface area (Å²) >= 11 is 0. The smallest absolute Gasteiger partial charge is 0.161 e. The van der Waals surface area contributed by atoms with E-state index < -0.39 is 0 Å². The van der Waals surface area contributed by atoms with Gasteiger partial charge in [0, 0.05) is 18.6 Å². The molecule has 130 valence electrons. The zero-order valence-electron chi connectivity index (χ0n) is 15.1. The van der Waals surface area contributed by atoms with E-state index in [1.165, 1.54) is 18.4 Å². The maximum atomic E-state index is 5.73. The number of likely N-dealkylation sites (tertiary alicyclic amines) is 1. The summed E-state index contributed by atoms with van der Waals surface area (Å²) in [6.07, 6.45) is 2.46. The van der Waals surface area contributed by atoms with Crippen molar-refractivity contribution in [3.63, 3.8) is 0 Å². The van der Waals surface area contributed by atoms with Gasteiger partial charge < -0.3 is 14.8 Å². The van der Waals surface area contributed by atoms with E-state index in [1.54, 1.807) is 0 Å². The van der Waals surface area contributed by atoms with Gasteiger partial charge in [0.15, 0.2) is 11.5 Å². The first kappa shape index (κ1) is 18.1. The quantitative estimate of drug-likeness (QED) is 0.795. The lowest BCUT2D eigenvalue weighted by atomic mass is 10.0. The Labute approximate surface area is 141 Å². The van der Waals surface area contributed by atoms with Crippen molar-refractivity contribution in [2.24, 2.45) is 0 Å². The standard InChI is InChI=1S/C19H32N2O2/c1-5-22-18-8-7-16(13-19(18)23-6-2)14-21-11-9-17(10-12-21)20-15(3)4/h7-8,13,15,17,20H,5-6,9-12,14H2,1-4H3. The summed E-state index contributed by atoms with van der Waals surface area (Å²) in [5.74, 6) is 1.71. The minimum Gasteiger partial charge on any atom is -0.490 e. The van der Waals surface area contributed by atoms with Gasteiger partial charge in [-0.3, -0.25) is 4.90 Å². The van der Waals surface area contributed by atoms with Gasteiger partial charge in [-0.1, -0.05) is 19.9 Å². The molecule has 0 radical (unpaired) electrons. The molecule has 1 saturated heterocycles. The summed E-state index contributed by atoms with van der Waals surface area (Å²) in [5, 5.41) is 3.65. The topological polar surface area (TPSA) is 33.7 Å². The summed E-state index contributed by atoms with van der Waals surface area (Å²) in [5.41, 5.74) is 1.30. The number of piperidine rings is 1. The summed E-state index contributed by atoms with van der Waals surface area (Å²) in [4.78, 5) is 2.53. The maximum Gasteiger partial charge on any atom is 0.161 e. The van der Waals surface area contributed by atoms with E-state index in [1.807, 2.05) is 19.9 Å². The van der Waals surface area contributed by atoms with Crippen molar-refractivity contribution in [2.45, 2.75) is 59.2 Å². The molecular weight excluding hydrogens is 288 g/mol. The van der Waals surface area contributed by atoms with Crippen LogP contribution in [0.4, 0.5) is 0 Å². The highest BCUT2D eigenvalue weighted by atomic mass is 16.5. The van der Waals surface area contributed by atoms with Crippen LogP contribution in [0.2, 0.25) is 0 Å². The highest BCUT2D eigenvalue weighted by Crippen LogP contribution is 2.29. The van der Waals surface area contributed by atoms with Crippen molar-refractivity contribution >= 4 is 0 Å². The average molecular weight is 320 g/mol. The monoisotopic (exact) mass is 320 g/mol. The second-order valence-electron chi connectivity index (χ2n) is 6.52. The van der Waals surface area contributed by atoms with Crippen molar-refractivity contribution < 1.29 is 9.47 Å². The van der Waals surface area contributed by atoms with Crippen LogP contribution in [0, 0.1) is 0 Å². The Bertz CT molecular complexity index is 468. The minimum atomic E-state index is 0.575. The first-order valence-electron chi connectivity index (χ1n) is 8.99. The number of hydrogen-bond donors (Lipinski definition) is 1. The van der Waals surface area contributed by atoms with Crippen LogP contribution in [0.15, 0.2) is 18.2 Å². The van der Waals surface area contributed by atoms with Gasteiger partial charge in [-0.25, -0.2) is 0 Å². The molecule has 0 saturated carbocycles. The van der Waals surface area contributed by atoms with Gasteiger partial charge in [-0.2, -0.15) is 0 Å². The Morgan fingerprint density at radius 3 is 2.35 bits per heavy atom. The number of ether oxygens (including phenoxy) is 2. The number of benzene rings is 1. The molecular formula is C19H32N2O2. The van der Waals surface area contributed by atoms with E-state index >= 15 is 0 Å². The molecule has 0 spiro atoms. The van der Waals surface area contributed by atoms with E-state index in [9.17, 15) is 0 Å². The van der Waals surface area contributed by atoms with Gasteiger partial charge in [0.2, 0.25) is 0 Å². The van der Waals surface area contributed by atoms with Crippen LogP contribution in [0.1, 0.15) is 46.1 Å². The van der Waals surface area contributed by atoms with Gasteiger partial charge in [-0.05, 0) is 57.5 Å². The molecule has 0 amide bonds. The molecule has 1 aromatic rings. The molecule has 1 heterocycles. The predicted octanol–water partition coefficient (Wildman–Crippen LogP) is 3.45. The number of rotatable bonds is 8. The van der Waals surface area contributed by atoms with Crippen LogP contribution in [-0.2, 0) is 6.54 Å². The SMILES string of the molecule is CCOc1ccc(CN2CCC(NC(C)C)CC2)cc1OCC. The molecule has 0 aromatic heterocycles. The molecule has 4 nitrogen and oxygen atoms in total. The lowest BCUT2D eigenvalue weighted by Crippen LogP contribution is -2.44. The van der Waals surface area contributed by atoms with E-state index in [-0.39, 0.29) is 0 Å². The predicted molar refractivity (Wildman–Crippen MR) is 95.4 cm³/mol. The Morgan fingerprint density at radius 2 is 1.74 bits per heavy atom. The second-order valence-corrected chi connectivity index (χ2v) is 6.52. The minimum absolute atomic E-state index is 0.575. The van der Waals surface area contributed by atoms with Gasteiger partial charge >= 0.3 is 0 Å². The van der Waals surface area contributed by atoms with E-state index in [4.69, 9.17) is 9.47 Å². The van der Waals surface area contributed by atoms with E-state index in [0.29, 0.717) is 25.3 Å². The van der Waals surface area contributed by atoms with Crippen LogP contribution in [-0.4, -0.2) is 43.3 Å². The molecule has 1 aliphatic rings. The van der Waals surface area contributed by atoms with Crippen molar-refractivity contribution in [1.29, 1.82) is 0 Å². The van der Waals surface area contributed by atoms with Crippen molar-refractivity contribution in [1.82, 2.24) is 10.2 Å². The molecule has 1 N–H and O–H groups in total. The molecule has 0 bridgehead atoms. The van der Waals surface area contributed by atoms with E-state index in [2.05, 4.69) is 36.2 Å². The third-order valence-electron chi connectivity index (χ3n) is 4.17. The van der Waals surface area contributed by atoms with Crippen LogP contribution < -0.4 is 14.8 Å². The fourth-order valence-corrected chi connectivity index (χ4v) is 3.18. The maximum absolute atomic E-state index is 5.73. The van der Waals surface area contributed by atoms with Gasteiger partial charge in [0.25, 0.3) is 0 Å². The van der Waals surface area contributed by atoms with Gasteiger partial charge in [0.1, 0.15) is 0 Å². The van der Waals surface area contributed by atoms with Gasteiger partial charge in [0.05, 0.1) is 13.2 Å². The zero-order valence-corrected chi connectivity index (χ0v) is 15.1. The highest BCUT2D eigenvalue weighted by molar-refractivity contribution is 5.43. The van der Waals surface area contributed by atoms with Crippen molar-refractivity contribution in [2.75, 3.05) is 26.3 Å². The molecule has 4 heteroatoms. The van der Waals surface area contributed by atoms with Crippen molar-refractivity contribution in [3.05, 3.63) is 23.8 Å². The molecule has 2 rings (SSSR count). The summed E-state index contributed by atoms with van der Waals surface area (Å²) in [6.45, 7) is 13.1. The molecule has 1 aromatic carbocycles. The van der Waals surface area contributed by atoms with Crippen molar-refractivity contribution in [3.8, 4) is 11.5 Å². The molecule has 0 unspecified atom stereocenters. The molecule has 1 aliphatic heterocycles. The van der Waals surface area contributed by atoms with Gasteiger partial charge in [-0.15, -0.1) is 0 Å². The van der Waals surface area contributed by atoms with Crippen LogP contribution in [0.25, 0.3) is 0 Å². The van der Waals surface area contributed by atoms with Crippen LogP contribution in [0.5, 0.6) is 11.5 Å². The normalized spacial score (nSPS) is 16.7. The zero-order chi connectivity index (χ0) is 16.7. The average Bonchev–Trinajstić information content (AvgIpc) is 2.52. The fourth-order valence-electron chi connectivity index (χ4n) is 3.18. The number of nitrogens with zero attached hydrogens (tertiary/aromatic N) is 1. The Balaban J connectivity index is 1.91. The highest BCUT2D eigenvalue weighted by Gasteiger charge is 2.19. The molecule has 0 atom stereocenters.